The van der Waals surface area contributed by atoms with E-state index in [4.69, 9.17) is 22.1 Å². The first-order valence-corrected chi connectivity index (χ1v) is 7.99. The van der Waals surface area contributed by atoms with Crippen LogP contribution < -0.4 is 11.1 Å². The number of rotatable bonds is 6. The molecule has 2 aromatic rings. The normalized spacial score (nSPS) is 10.5. The second-order valence-electron chi connectivity index (χ2n) is 4.54. The first-order chi connectivity index (χ1) is 11.5. The smallest absolute Gasteiger partial charge is 0.331 e. The zero-order chi connectivity index (χ0) is 17.5. The Kier molecular flexibility index (Phi) is 6.11. The fraction of sp³-hybridized carbons (Fsp3) is 0.0625. The lowest BCUT2D eigenvalue weighted by atomic mass is 10.2. The van der Waals surface area contributed by atoms with Gasteiger partial charge in [0.05, 0.1) is 5.56 Å². The fourth-order valence-electron chi connectivity index (χ4n) is 1.72. The molecule has 0 radical (unpaired) electrons. The van der Waals surface area contributed by atoms with Crippen LogP contribution in [-0.2, 0) is 14.3 Å². The van der Waals surface area contributed by atoms with Crippen molar-refractivity contribution in [1.82, 2.24) is 0 Å². The fourth-order valence-corrected chi connectivity index (χ4v) is 2.72. The molecule has 0 aliphatic heterocycles. The van der Waals surface area contributed by atoms with Crippen molar-refractivity contribution >= 4 is 51.8 Å². The molecule has 0 saturated carbocycles. The summed E-state index contributed by atoms with van der Waals surface area (Å²) in [5, 5.41) is 4.90. The maximum atomic E-state index is 11.7. The zero-order valence-electron chi connectivity index (χ0n) is 12.3. The Balaban J connectivity index is 1.85. The number of anilines is 1. The molecule has 0 fully saturated rings. The Morgan fingerprint density at radius 1 is 1.25 bits per heavy atom. The lowest BCUT2D eigenvalue weighted by molar-refractivity contribution is -0.142. The molecule has 2 amide bonds. The van der Waals surface area contributed by atoms with Crippen molar-refractivity contribution in [2.75, 3.05) is 11.9 Å². The molecule has 3 N–H and O–H groups in total. The standard InChI is InChI=1S/C16H13ClN2O4S/c17-12-4-2-1-3-10(12)5-6-14(21)23-9-13(20)19-16-11(15(18)22)7-8-24-16/h1-8H,9H2,(H2,18,22)(H,19,20)/b6-5+. The molecule has 1 aromatic carbocycles. The highest BCUT2D eigenvalue weighted by Crippen LogP contribution is 2.22. The quantitative estimate of drug-likeness (QED) is 0.608. The number of thiophene rings is 1. The molecule has 0 atom stereocenters. The van der Waals surface area contributed by atoms with E-state index in [1.165, 1.54) is 18.2 Å². The van der Waals surface area contributed by atoms with Crippen LogP contribution in [0.2, 0.25) is 5.02 Å². The number of nitrogens with two attached hydrogens (primary N) is 1. The number of carbonyl (C=O) groups is 3. The van der Waals surface area contributed by atoms with Gasteiger partial charge >= 0.3 is 5.97 Å². The first-order valence-electron chi connectivity index (χ1n) is 6.74. The Morgan fingerprint density at radius 2 is 2.00 bits per heavy atom. The number of benzene rings is 1. The largest absolute Gasteiger partial charge is 0.452 e. The maximum Gasteiger partial charge on any atom is 0.331 e. The molecule has 0 bridgehead atoms. The molecule has 6 nitrogen and oxygen atoms in total. The Labute approximate surface area is 146 Å². The molecule has 0 unspecified atom stereocenters. The number of carbonyl (C=O) groups excluding carboxylic acids is 3. The summed E-state index contributed by atoms with van der Waals surface area (Å²) in [5.41, 5.74) is 6.04. The average Bonchev–Trinajstić information content (AvgIpc) is 3.00. The van der Waals surface area contributed by atoms with Gasteiger partial charge in [0.2, 0.25) is 0 Å². The number of halogens is 1. The summed E-state index contributed by atoms with van der Waals surface area (Å²) in [6, 6.07) is 8.48. The predicted octanol–water partition coefficient (Wildman–Crippen LogP) is 2.70. The second kappa shape index (κ2) is 8.28. The highest BCUT2D eigenvalue weighted by atomic mass is 35.5. The van der Waals surface area contributed by atoms with E-state index < -0.39 is 24.4 Å². The van der Waals surface area contributed by atoms with Crippen molar-refractivity contribution in [3.63, 3.8) is 0 Å². The number of ether oxygens (including phenoxy) is 1. The van der Waals surface area contributed by atoms with Crippen LogP contribution in [0.1, 0.15) is 15.9 Å². The number of primary amides is 1. The summed E-state index contributed by atoms with van der Waals surface area (Å²) in [7, 11) is 0. The Morgan fingerprint density at radius 3 is 2.71 bits per heavy atom. The molecule has 24 heavy (non-hydrogen) atoms. The van der Waals surface area contributed by atoms with Gasteiger partial charge in [0.15, 0.2) is 6.61 Å². The van der Waals surface area contributed by atoms with E-state index in [2.05, 4.69) is 5.32 Å². The van der Waals surface area contributed by atoms with E-state index in [9.17, 15) is 14.4 Å². The third-order valence-corrected chi connectivity index (χ3v) is 4.01. The number of esters is 1. The van der Waals surface area contributed by atoms with Crippen LogP contribution in [0.15, 0.2) is 41.8 Å². The van der Waals surface area contributed by atoms with E-state index in [1.54, 1.807) is 29.6 Å². The average molecular weight is 365 g/mol. The summed E-state index contributed by atoms with van der Waals surface area (Å²) >= 11 is 7.10. The summed E-state index contributed by atoms with van der Waals surface area (Å²) in [4.78, 5) is 34.5. The van der Waals surface area contributed by atoms with Gasteiger partial charge in [-0.3, -0.25) is 9.59 Å². The summed E-state index contributed by atoms with van der Waals surface area (Å²) < 4.78 is 4.82. The Bertz CT molecular complexity index is 801. The van der Waals surface area contributed by atoms with Crippen molar-refractivity contribution in [3.8, 4) is 0 Å². The summed E-state index contributed by atoms with van der Waals surface area (Å²) in [6.45, 7) is -0.484. The predicted molar refractivity (Wildman–Crippen MR) is 92.9 cm³/mol. The number of amides is 2. The van der Waals surface area contributed by atoms with Crippen molar-refractivity contribution in [2.45, 2.75) is 0 Å². The van der Waals surface area contributed by atoms with Gasteiger partial charge in [0.25, 0.3) is 11.8 Å². The van der Waals surface area contributed by atoms with Crippen LogP contribution in [0, 0.1) is 0 Å². The SMILES string of the molecule is NC(=O)c1ccsc1NC(=O)COC(=O)/C=C/c1ccccc1Cl. The molecule has 1 heterocycles. The Hall–Kier alpha value is -2.64. The van der Waals surface area contributed by atoms with Gasteiger partial charge in [0, 0.05) is 11.1 Å². The molecule has 0 aliphatic rings. The number of hydrogen-bond donors (Lipinski definition) is 2. The van der Waals surface area contributed by atoms with Gasteiger partial charge in [-0.2, -0.15) is 0 Å². The summed E-state index contributed by atoms with van der Waals surface area (Å²) in [5.74, 6) is -1.91. The van der Waals surface area contributed by atoms with Crippen LogP contribution in [0.25, 0.3) is 6.08 Å². The van der Waals surface area contributed by atoms with Crippen molar-refractivity contribution in [3.05, 3.63) is 57.9 Å². The van der Waals surface area contributed by atoms with Crippen LogP contribution in [0.3, 0.4) is 0 Å². The van der Waals surface area contributed by atoms with Crippen molar-refractivity contribution in [1.29, 1.82) is 0 Å². The van der Waals surface area contributed by atoms with Crippen molar-refractivity contribution in [2.24, 2.45) is 5.73 Å². The summed E-state index contributed by atoms with van der Waals surface area (Å²) in [6.07, 6.45) is 2.67. The lowest BCUT2D eigenvalue weighted by Crippen LogP contribution is -2.21. The van der Waals surface area contributed by atoms with E-state index >= 15 is 0 Å². The zero-order valence-corrected chi connectivity index (χ0v) is 13.9. The monoisotopic (exact) mass is 364 g/mol. The van der Waals surface area contributed by atoms with E-state index in [0.29, 0.717) is 15.6 Å². The van der Waals surface area contributed by atoms with Crippen LogP contribution in [0.4, 0.5) is 5.00 Å². The topological polar surface area (TPSA) is 98.5 Å². The van der Waals surface area contributed by atoms with Gasteiger partial charge < -0.3 is 15.8 Å². The van der Waals surface area contributed by atoms with Crippen LogP contribution >= 0.6 is 22.9 Å². The molecule has 0 saturated heterocycles. The third-order valence-electron chi connectivity index (χ3n) is 2.83. The minimum Gasteiger partial charge on any atom is -0.452 e. The third kappa shape index (κ3) is 4.94. The van der Waals surface area contributed by atoms with Gasteiger partial charge in [-0.1, -0.05) is 29.8 Å². The van der Waals surface area contributed by atoms with E-state index in [1.807, 2.05) is 0 Å². The van der Waals surface area contributed by atoms with E-state index in [-0.39, 0.29) is 5.56 Å². The van der Waals surface area contributed by atoms with Crippen LogP contribution in [0.5, 0.6) is 0 Å². The lowest BCUT2D eigenvalue weighted by Gasteiger charge is -2.04. The van der Waals surface area contributed by atoms with Gasteiger partial charge in [-0.05, 0) is 29.2 Å². The van der Waals surface area contributed by atoms with Crippen LogP contribution in [-0.4, -0.2) is 24.4 Å². The van der Waals surface area contributed by atoms with Crippen molar-refractivity contribution < 1.29 is 19.1 Å². The molecule has 124 valence electrons. The minimum atomic E-state index is -0.689. The molecule has 0 spiro atoms. The van der Waals surface area contributed by atoms with Gasteiger partial charge in [0.1, 0.15) is 5.00 Å². The highest BCUT2D eigenvalue weighted by molar-refractivity contribution is 7.14. The van der Waals surface area contributed by atoms with Gasteiger partial charge in [-0.25, -0.2) is 4.79 Å². The molecule has 8 heteroatoms. The maximum absolute atomic E-state index is 11.7. The second-order valence-corrected chi connectivity index (χ2v) is 5.86. The number of nitrogens with one attached hydrogen (secondary N) is 1. The molecular formula is C16H13ClN2O4S. The molecular weight excluding hydrogens is 352 g/mol. The molecule has 2 rings (SSSR count). The minimum absolute atomic E-state index is 0.207. The first kappa shape index (κ1) is 17.7. The highest BCUT2D eigenvalue weighted by Gasteiger charge is 2.13. The molecule has 0 aliphatic carbocycles. The molecule has 1 aromatic heterocycles. The van der Waals surface area contributed by atoms with Gasteiger partial charge in [-0.15, -0.1) is 11.3 Å². The van der Waals surface area contributed by atoms with E-state index in [0.717, 1.165) is 11.3 Å². The number of hydrogen-bond acceptors (Lipinski definition) is 5.